The second kappa shape index (κ2) is 5.55. The molecule has 1 unspecified atom stereocenters. The lowest BCUT2D eigenvalue weighted by Crippen LogP contribution is -2.09. The van der Waals surface area contributed by atoms with Crippen LogP contribution < -0.4 is 10.5 Å². The predicted molar refractivity (Wildman–Crippen MR) is 65.4 cm³/mol. The normalized spacial score (nSPS) is 12.2. The highest BCUT2D eigenvalue weighted by atomic mass is 19.1. The van der Waals surface area contributed by atoms with Crippen molar-refractivity contribution in [1.29, 1.82) is 0 Å². The molecule has 94 valence electrons. The number of halogens is 1. The minimum absolute atomic E-state index is 0.206. The quantitative estimate of drug-likeness (QED) is 0.899. The Balaban J connectivity index is 1.98. The summed E-state index contributed by atoms with van der Waals surface area (Å²) in [5.74, 6) is 0.816. The van der Waals surface area contributed by atoms with E-state index in [0.29, 0.717) is 11.6 Å². The van der Waals surface area contributed by atoms with E-state index in [1.54, 1.807) is 24.5 Å². The van der Waals surface area contributed by atoms with E-state index in [4.69, 9.17) is 10.5 Å². The molecule has 0 aliphatic rings. The van der Waals surface area contributed by atoms with Gasteiger partial charge in [-0.2, -0.15) is 0 Å². The van der Waals surface area contributed by atoms with Crippen molar-refractivity contribution in [2.24, 2.45) is 5.73 Å². The summed E-state index contributed by atoms with van der Waals surface area (Å²) in [7, 11) is 0. The topological polar surface area (TPSA) is 61.0 Å². The average molecular weight is 247 g/mol. The fourth-order valence-electron chi connectivity index (χ4n) is 1.43. The maximum atomic E-state index is 12.9. The van der Waals surface area contributed by atoms with Gasteiger partial charge in [-0.05, 0) is 24.6 Å². The number of ether oxygens (including phenoxy) is 1. The van der Waals surface area contributed by atoms with E-state index < -0.39 is 0 Å². The van der Waals surface area contributed by atoms with Crippen molar-refractivity contribution in [3.63, 3.8) is 0 Å². The minimum Gasteiger partial charge on any atom is -0.486 e. The van der Waals surface area contributed by atoms with Crippen LogP contribution in [0.1, 0.15) is 24.4 Å². The van der Waals surface area contributed by atoms with Crippen molar-refractivity contribution >= 4 is 0 Å². The zero-order valence-corrected chi connectivity index (χ0v) is 10.0. The number of hydrogen-bond donors (Lipinski definition) is 1. The average Bonchev–Trinajstić information content (AvgIpc) is 2.37. The Kier molecular flexibility index (Phi) is 3.84. The molecule has 1 atom stereocenters. The van der Waals surface area contributed by atoms with Crippen LogP contribution in [0.15, 0.2) is 36.7 Å². The molecule has 18 heavy (non-hydrogen) atoms. The highest BCUT2D eigenvalue weighted by molar-refractivity contribution is 5.18. The van der Waals surface area contributed by atoms with Gasteiger partial charge in [0.25, 0.3) is 0 Å². The van der Waals surface area contributed by atoms with Crippen LogP contribution in [0.25, 0.3) is 0 Å². The standard InChI is InChI=1S/C13H14FN3O/c1-9(15)13-16-6-12(7-17-13)18-8-10-3-2-4-11(14)5-10/h2-7,9H,8,15H2,1H3. The third-order valence-corrected chi connectivity index (χ3v) is 2.35. The van der Waals surface area contributed by atoms with Crippen molar-refractivity contribution in [3.8, 4) is 5.75 Å². The third-order valence-electron chi connectivity index (χ3n) is 2.35. The lowest BCUT2D eigenvalue weighted by atomic mass is 10.2. The summed E-state index contributed by atoms with van der Waals surface area (Å²) >= 11 is 0. The molecule has 0 spiro atoms. The lowest BCUT2D eigenvalue weighted by molar-refractivity contribution is 0.302. The maximum absolute atomic E-state index is 12.9. The Bertz CT molecular complexity index is 514. The second-order valence-electron chi connectivity index (χ2n) is 3.98. The molecule has 0 bridgehead atoms. The smallest absolute Gasteiger partial charge is 0.156 e. The van der Waals surface area contributed by atoms with Gasteiger partial charge in [0.1, 0.15) is 18.2 Å². The van der Waals surface area contributed by atoms with Gasteiger partial charge in [-0.3, -0.25) is 0 Å². The molecule has 1 aromatic carbocycles. The summed E-state index contributed by atoms with van der Waals surface area (Å²) in [6.45, 7) is 2.08. The van der Waals surface area contributed by atoms with E-state index in [2.05, 4.69) is 9.97 Å². The van der Waals surface area contributed by atoms with E-state index >= 15 is 0 Å². The predicted octanol–water partition coefficient (Wildman–Crippen LogP) is 2.21. The minimum atomic E-state index is -0.278. The first-order chi connectivity index (χ1) is 8.65. The summed E-state index contributed by atoms with van der Waals surface area (Å²) in [5.41, 5.74) is 6.39. The van der Waals surface area contributed by atoms with Crippen LogP contribution in [0.3, 0.4) is 0 Å². The van der Waals surface area contributed by atoms with Crippen molar-refractivity contribution < 1.29 is 9.13 Å². The SMILES string of the molecule is CC(N)c1ncc(OCc2cccc(F)c2)cn1. The first-order valence-electron chi connectivity index (χ1n) is 5.60. The molecule has 0 saturated carbocycles. The molecule has 0 radical (unpaired) electrons. The molecule has 2 N–H and O–H groups in total. The van der Waals surface area contributed by atoms with Crippen LogP contribution in [0.4, 0.5) is 4.39 Å². The molecule has 1 aromatic heterocycles. The van der Waals surface area contributed by atoms with E-state index in [9.17, 15) is 4.39 Å². The van der Waals surface area contributed by atoms with E-state index in [-0.39, 0.29) is 18.5 Å². The molecule has 5 heteroatoms. The van der Waals surface area contributed by atoms with E-state index in [1.165, 1.54) is 12.1 Å². The summed E-state index contributed by atoms with van der Waals surface area (Å²) in [5, 5.41) is 0. The largest absolute Gasteiger partial charge is 0.486 e. The van der Waals surface area contributed by atoms with Gasteiger partial charge in [0, 0.05) is 0 Å². The highest BCUT2D eigenvalue weighted by Crippen LogP contribution is 2.12. The monoisotopic (exact) mass is 247 g/mol. The lowest BCUT2D eigenvalue weighted by Gasteiger charge is -2.07. The zero-order chi connectivity index (χ0) is 13.0. The number of nitrogens with zero attached hydrogens (tertiary/aromatic N) is 2. The van der Waals surface area contributed by atoms with Gasteiger partial charge in [0.15, 0.2) is 5.75 Å². The zero-order valence-electron chi connectivity index (χ0n) is 10.0. The van der Waals surface area contributed by atoms with Gasteiger partial charge in [-0.25, -0.2) is 14.4 Å². The Morgan fingerprint density at radius 3 is 2.67 bits per heavy atom. The summed E-state index contributed by atoms with van der Waals surface area (Å²) in [4.78, 5) is 8.15. The molecular weight excluding hydrogens is 233 g/mol. The Morgan fingerprint density at radius 1 is 1.33 bits per heavy atom. The number of aromatic nitrogens is 2. The van der Waals surface area contributed by atoms with Gasteiger partial charge in [0.05, 0.1) is 18.4 Å². The van der Waals surface area contributed by atoms with Gasteiger partial charge < -0.3 is 10.5 Å². The molecule has 0 aliphatic carbocycles. The van der Waals surface area contributed by atoms with Crippen molar-refractivity contribution in [1.82, 2.24) is 9.97 Å². The van der Waals surface area contributed by atoms with Gasteiger partial charge in [-0.15, -0.1) is 0 Å². The molecule has 0 aliphatic heterocycles. The first kappa shape index (κ1) is 12.4. The van der Waals surface area contributed by atoms with Gasteiger partial charge >= 0.3 is 0 Å². The first-order valence-corrected chi connectivity index (χ1v) is 5.60. The molecular formula is C13H14FN3O. The molecule has 2 aromatic rings. The Labute approximate surface area is 105 Å². The van der Waals surface area contributed by atoms with Gasteiger partial charge in [0.2, 0.25) is 0 Å². The number of benzene rings is 1. The van der Waals surface area contributed by atoms with Crippen LogP contribution >= 0.6 is 0 Å². The fraction of sp³-hybridized carbons (Fsp3) is 0.231. The number of hydrogen-bond acceptors (Lipinski definition) is 4. The van der Waals surface area contributed by atoms with Gasteiger partial charge in [-0.1, -0.05) is 12.1 Å². The Morgan fingerprint density at radius 2 is 2.06 bits per heavy atom. The van der Waals surface area contributed by atoms with Crippen molar-refractivity contribution in [3.05, 3.63) is 53.9 Å². The molecule has 2 rings (SSSR count). The number of nitrogens with two attached hydrogens (primary N) is 1. The van der Waals surface area contributed by atoms with Crippen LogP contribution in [0.5, 0.6) is 5.75 Å². The van der Waals surface area contributed by atoms with E-state index in [0.717, 1.165) is 5.56 Å². The molecule has 0 fully saturated rings. The summed E-state index contributed by atoms with van der Waals surface area (Å²) in [6.07, 6.45) is 3.12. The van der Waals surface area contributed by atoms with Crippen LogP contribution in [0, 0.1) is 5.82 Å². The molecule has 0 amide bonds. The maximum Gasteiger partial charge on any atom is 0.156 e. The third kappa shape index (κ3) is 3.24. The fourth-order valence-corrected chi connectivity index (χ4v) is 1.43. The highest BCUT2D eigenvalue weighted by Gasteiger charge is 2.03. The molecule has 1 heterocycles. The summed E-state index contributed by atoms with van der Waals surface area (Å²) < 4.78 is 18.4. The number of rotatable bonds is 4. The summed E-state index contributed by atoms with van der Waals surface area (Å²) in [6, 6.07) is 6.05. The van der Waals surface area contributed by atoms with Crippen LogP contribution in [0.2, 0.25) is 0 Å². The van der Waals surface area contributed by atoms with Crippen LogP contribution in [-0.2, 0) is 6.61 Å². The van der Waals surface area contributed by atoms with Crippen molar-refractivity contribution in [2.45, 2.75) is 19.6 Å². The van der Waals surface area contributed by atoms with Crippen molar-refractivity contribution in [2.75, 3.05) is 0 Å². The second-order valence-corrected chi connectivity index (χ2v) is 3.98. The molecule has 0 saturated heterocycles. The van der Waals surface area contributed by atoms with Crippen LogP contribution in [-0.4, -0.2) is 9.97 Å². The Hall–Kier alpha value is -2.01. The van der Waals surface area contributed by atoms with E-state index in [1.807, 2.05) is 6.92 Å². The molecule has 4 nitrogen and oxygen atoms in total.